The highest BCUT2D eigenvalue weighted by molar-refractivity contribution is 5.87. The first-order valence-corrected chi connectivity index (χ1v) is 7.53. The van der Waals surface area contributed by atoms with Crippen molar-refractivity contribution in [3.8, 4) is 0 Å². The maximum absolute atomic E-state index is 11.6. The average molecular weight is 284 g/mol. The van der Waals surface area contributed by atoms with E-state index in [0.717, 1.165) is 19.6 Å². The van der Waals surface area contributed by atoms with Gasteiger partial charge in [-0.05, 0) is 31.8 Å². The summed E-state index contributed by atoms with van der Waals surface area (Å²) in [6, 6.07) is -0.559. The molecule has 0 spiro atoms. The lowest BCUT2D eigenvalue weighted by Gasteiger charge is -2.26. The summed E-state index contributed by atoms with van der Waals surface area (Å²) in [5.74, 6) is -0.366. The molecule has 0 aromatic rings. The molecule has 0 saturated carbocycles. The van der Waals surface area contributed by atoms with Crippen LogP contribution in [0.4, 0.5) is 0 Å². The zero-order chi connectivity index (χ0) is 15.0. The minimum Gasteiger partial charge on any atom is -0.353 e. The van der Waals surface area contributed by atoms with Crippen molar-refractivity contribution in [2.24, 2.45) is 11.7 Å². The van der Waals surface area contributed by atoms with Crippen molar-refractivity contribution in [2.75, 3.05) is 32.7 Å². The van der Waals surface area contributed by atoms with Crippen LogP contribution in [0.1, 0.15) is 33.1 Å². The first kappa shape index (κ1) is 16.9. The van der Waals surface area contributed by atoms with Crippen LogP contribution in [-0.2, 0) is 9.59 Å². The lowest BCUT2D eigenvalue weighted by atomic mass is 10.1. The molecule has 0 radical (unpaired) electrons. The zero-order valence-corrected chi connectivity index (χ0v) is 12.7. The van der Waals surface area contributed by atoms with Crippen LogP contribution in [0.3, 0.4) is 0 Å². The topological polar surface area (TPSA) is 87.5 Å². The van der Waals surface area contributed by atoms with Gasteiger partial charge >= 0.3 is 0 Å². The van der Waals surface area contributed by atoms with Crippen LogP contribution < -0.4 is 16.4 Å². The van der Waals surface area contributed by atoms with E-state index in [1.54, 1.807) is 0 Å². The van der Waals surface area contributed by atoms with Crippen molar-refractivity contribution in [3.05, 3.63) is 0 Å². The molecule has 0 aliphatic carbocycles. The number of nitrogens with one attached hydrogen (secondary N) is 2. The quantitative estimate of drug-likeness (QED) is 0.598. The van der Waals surface area contributed by atoms with Crippen LogP contribution in [0.5, 0.6) is 0 Å². The highest BCUT2D eigenvalue weighted by Gasteiger charge is 2.17. The fourth-order valence-electron chi connectivity index (χ4n) is 2.19. The van der Waals surface area contributed by atoms with Crippen LogP contribution >= 0.6 is 0 Å². The second-order valence-electron chi connectivity index (χ2n) is 5.74. The summed E-state index contributed by atoms with van der Waals surface area (Å²) in [7, 11) is 0. The zero-order valence-electron chi connectivity index (χ0n) is 12.7. The summed E-state index contributed by atoms with van der Waals surface area (Å²) in [4.78, 5) is 25.5. The summed E-state index contributed by atoms with van der Waals surface area (Å²) in [6.45, 7) is 7.51. The monoisotopic (exact) mass is 284 g/mol. The van der Waals surface area contributed by atoms with Crippen LogP contribution in [0.25, 0.3) is 0 Å². The van der Waals surface area contributed by atoms with E-state index < -0.39 is 6.04 Å². The number of amides is 2. The van der Waals surface area contributed by atoms with Gasteiger partial charge < -0.3 is 21.3 Å². The third-order valence-electron chi connectivity index (χ3n) is 3.64. The Morgan fingerprint density at radius 2 is 1.80 bits per heavy atom. The molecular formula is C14H28N4O2. The Morgan fingerprint density at radius 1 is 1.15 bits per heavy atom. The lowest BCUT2D eigenvalue weighted by molar-refractivity contribution is -0.127. The lowest BCUT2D eigenvalue weighted by Crippen LogP contribution is -2.47. The van der Waals surface area contributed by atoms with Crippen molar-refractivity contribution in [1.29, 1.82) is 0 Å². The molecule has 1 aliphatic heterocycles. The molecular weight excluding hydrogens is 256 g/mol. The smallest absolute Gasteiger partial charge is 0.239 e. The molecule has 1 aliphatic rings. The molecule has 20 heavy (non-hydrogen) atoms. The molecule has 6 heteroatoms. The van der Waals surface area contributed by atoms with Gasteiger partial charge in [0.25, 0.3) is 0 Å². The maximum atomic E-state index is 11.6. The van der Waals surface area contributed by atoms with Gasteiger partial charge in [-0.15, -0.1) is 0 Å². The Labute approximate surface area is 121 Å². The van der Waals surface area contributed by atoms with E-state index in [1.807, 2.05) is 13.8 Å². The van der Waals surface area contributed by atoms with Crippen molar-refractivity contribution < 1.29 is 9.59 Å². The number of carbonyl (C=O) groups excluding carboxylic acids is 2. The standard InChI is InChI=1S/C14H28N4O2/c1-11(2)13(15)14(20)17-10-12(19)16-6-9-18-7-4-3-5-8-18/h11,13H,3-10,15H2,1-2H3,(H,16,19)(H,17,20)/t13-/m0/s1. The number of nitrogens with zero attached hydrogens (tertiary/aromatic N) is 1. The Kier molecular flexibility index (Phi) is 7.54. The van der Waals surface area contributed by atoms with Gasteiger partial charge in [0.05, 0.1) is 12.6 Å². The normalized spacial score (nSPS) is 17.8. The number of carbonyl (C=O) groups is 2. The SMILES string of the molecule is CC(C)[C@H](N)C(=O)NCC(=O)NCCN1CCCCC1. The highest BCUT2D eigenvalue weighted by atomic mass is 16.2. The van der Waals surface area contributed by atoms with E-state index in [4.69, 9.17) is 5.73 Å². The number of nitrogens with two attached hydrogens (primary N) is 1. The predicted molar refractivity (Wildman–Crippen MR) is 79.1 cm³/mol. The predicted octanol–water partition coefficient (Wildman–Crippen LogP) is -0.312. The fraction of sp³-hybridized carbons (Fsp3) is 0.857. The van der Waals surface area contributed by atoms with Gasteiger partial charge in [0.2, 0.25) is 11.8 Å². The van der Waals surface area contributed by atoms with Crippen LogP contribution in [0, 0.1) is 5.92 Å². The van der Waals surface area contributed by atoms with Crippen molar-refractivity contribution in [1.82, 2.24) is 15.5 Å². The Morgan fingerprint density at radius 3 is 2.40 bits per heavy atom. The molecule has 6 nitrogen and oxygen atoms in total. The largest absolute Gasteiger partial charge is 0.353 e. The molecule has 1 heterocycles. The molecule has 1 rings (SSSR count). The van der Waals surface area contributed by atoms with E-state index in [0.29, 0.717) is 6.54 Å². The van der Waals surface area contributed by atoms with Gasteiger partial charge in [0.1, 0.15) is 0 Å². The molecule has 2 amide bonds. The van der Waals surface area contributed by atoms with E-state index >= 15 is 0 Å². The first-order chi connectivity index (χ1) is 9.50. The van der Waals surface area contributed by atoms with Gasteiger partial charge in [-0.2, -0.15) is 0 Å². The first-order valence-electron chi connectivity index (χ1n) is 7.53. The Hall–Kier alpha value is -1.14. The second-order valence-corrected chi connectivity index (χ2v) is 5.74. The van der Waals surface area contributed by atoms with Gasteiger partial charge in [-0.1, -0.05) is 20.3 Å². The molecule has 0 aromatic heterocycles. The molecule has 1 fully saturated rings. The van der Waals surface area contributed by atoms with Crippen LogP contribution in [0.2, 0.25) is 0 Å². The minimum atomic E-state index is -0.559. The second kappa shape index (κ2) is 8.92. The Balaban J connectivity index is 2.09. The summed E-state index contributed by atoms with van der Waals surface area (Å²) < 4.78 is 0. The molecule has 1 atom stereocenters. The minimum absolute atomic E-state index is 0.000741. The van der Waals surface area contributed by atoms with Crippen LogP contribution in [0.15, 0.2) is 0 Å². The summed E-state index contributed by atoms with van der Waals surface area (Å²) in [5.41, 5.74) is 5.69. The van der Waals surface area contributed by atoms with Gasteiger partial charge in [0, 0.05) is 13.1 Å². The summed E-state index contributed by atoms with van der Waals surface area (Å²) in [6.07, 6.45) is 3.80. The average Bonchev–Trinajstić information content (AvgIpc) is 2.45. The van der Waals surface area contributed by atoms with Crippen molar-refractivity contribution >= 4 is 11.8 Å². The van der Waals surface area contributed by atoms with E-state index in [2.05, 4.69) is 15.5 Å². The van der Waals surface area contributed by atoms with Crippen molar-refractivity contribution in [2.45, 2.75) is 39.2 Å². The summed E-state index contributed by atoms with van der Waals surface area (Å²) >= 11 is 0. The molecule has 0 bridgehead atoms. The Bertz CT molecular complexity index is 314. The van der Waals surface area contributed by atoms with Gasteiger partial charge in [0.15, 0.2) is 0 Å². The van der Waals surface area contributed by atoms with Crippen molar-refractivity contribution in [3.63, 3.8) is 0 Å². The van der Waals surface area contributed by atoms with Crippen LogP contribution in [-0.4, -0.2) is 55.5 Å². The number of rotatable bonds is 7. The third kappa shape index (κ3) is 6.34. The molecule has 4 N–H and O–H groups in total. The van der Waals surface area contributed by atoms with Gasteiger partial charge in [-0.3, -0.25) is 9.59 Å². The highest BCUT2D eigenvalue weighted by Crippen LogP contribution is 2.07. The maximum Gasteiger partial charge on any atom is 0.239 e. The van der Waals surface area contributed by atoms with E-state index in [1.165, 1.54) is 19.3 Å². The molecule has 116 valence electrons. The number of hydrogen-bond acceptors (Lipinski definition) is 4. The van der Waals surface area contributed by atoms with Gasteiger partial charge in [-0.25, -0.2) is 0 Å². The van der Waals surface area contributed by atoms with E-state index in [9.17, 15) is 9.59 Å². The molecule has 0 aromatic carbocycles. The summed E-state index contributed by atoms with van der Waals surface area (Å²) in [5, 5.41) is 5.38. The molecule has 1 saturated heterocycles. The number of likely N-dealkylation sites (tertiary alicyclic amines) is 1. The number of piperidine rings is 1. The number of hydrogen-bond donors (Lipinski definition) is 3. The van der Waals surface area contributed by atoms with E-state index in [-0.39, 0.29) is 24.3 Å². The fourth-order valence-corrected chi connectivity index (χ4v) is 2.19. The third-order valence-corrected chi connectivity index (χ3v) is 3.64. The molecule has 0 unspecified atom stereocenters.